The fraction of sp³-hybridized carbons (Fsp3) is 0.381. The Morgan fingerprint density at radius 1 is 1.25 bits per heavy atom. The van der Waals surface area contributed by atoms with Crippen LogP contribution in [0.2, 0.25) is 5.02 Å². The summed E-state index contributed by atoms with van der Waals surface area (Å²) >= 11 is 6.05. The van der Waals surface area contributed by atoms with Gasteiger partial charge in [-0.3, -0.25) is 4.79 Å². The summed E-state index contributed by atoms with van der Waals surface area (Å²) in [5.41, 5.74) is 1.82. The van der Waals surface area contributed by atoms with Crippen LogP contribution in [0.15, 0.2) is 48.5 Å². The van der Waals surface area contributed by atoms with Gasteiger partial charge >= 0.3 is 0 Å². The number of benzene rings is 2. The number of aryl methyl sites for hydroxylation is 1. The molecule has 3 rings (SSSR count). The van der Waals surface area contributed by atoms with Crippen LogP contribution in [0.1, 0.15) is 24.5 Å². The predicted octanol–water partition coefficient (Wildman–Crippen LogP) is 3.63. The number of carbonyl (C=O) groups excluding carboxylic acids is 1. The minimum absolute atomic E-state index is 0.00164. The molecule has 1 aliphatic heterocycles. The molecule has 0 bridgehead atoms. The van der Waals surface area contributed by atoms with E-state index in [4.69, 9.17) is 16.3 Å². The summed E-state index contributed by atoms with van der Waals surface area (Å²) in [4.78, 5) is 14.8. The highest BCUT2D eigenvalue weighted by atomic mass is 35.5. The van der Waals surface area contributed by atoms with Crippen molar-refractivity contribution in [2.75, 3.05) is 11.5 Å². The zero-order chi connectivity index (χ0) is 20.3. The van der Waals surface area contributed by atoms with E-state index in [2.05, 4.69) is 0 Å². The van der Waals surface area contributed by atoms with Crippen LogP contribution in [0.3, 0.4) is 0 Å². The van der Waals surface area contributed by atoms with E-state index in [1.807, 2.05) is 37.3 Å². The molecule has 5 nitrogen and oxygen atoms in total. The first-order chi connectivity index (χ1) is 13.2. The topological polar surface area (TPSA) is 63.7 Å². The zero-order valence-electron chi connectivity index (χ0n) is 16.0. The molecule has 2 aromatic rings. The quantitative estimate of drug-likeness (QED) is 0.714. The van der Waals surface area contributed by atoms with Crippen LogP contribution in [0.25, 0.3) is 0 Å². The van der Waals surface area contributed by atoms with Crippen molar-refractivity contribution in [3.63, 3.8) is 0 Å². The maximum Gasteiger partial charge on any atom is 0.263 e. The number of sulfone groups is 1. The lowest BCUT2D eigenvalue weighted by molar-refractivity contribution is -0.140. The molecular weight excluding hydrogens is 398 g/mol. The van der Waals surface area contributed by atoms with Crippen LogP contribution in [0, 0.1) is 6.92 Å². The minimum Gasteiger partial charge on any atom is -0.481 e. The lowest BCUT2D eigenvalue weighted by atomic mass is 10.1. The molecule has 0 spiro atoms. The Morgan fingerprint density at radius 2 is 1.96 bits per heavy atom. The monoisotopic (exact) mass is 421 g/mol. The van der Waals surface area contributed by atoms with Gasteiger partial charge in [0.2, 0.25) is 0 Å². The van der Waals surface area contributed by atoms with Crippen LogP contribution in [-0.4, -0.2) is 42.9 Å². The van der Waals surface area contributed by atoms with Gasteiger partial charge in [-0.1, -0.05) is 41.9 Å². The molecule has 0 unspecified atom stereocenters. The van der Waals surface area contributed by atoms with Gasteiger partial charge in [-0.05, 0) is 49.6 Å². The number of rotatable bonds is 6. The number of halogens is 1. The summed E-state index contributed by atoms with van der Waals surface area (Å²) in [6, 6.07) is 14.5. The molecule has 1 fully saturated rings. The molecule has 0 radical (unpaired) electrons. The van der Waals surface area contributed by atoms with Crippen molar-refractivity contribution < 1.29 is 17.9 Å². The van der Waals surface area contributed by atoms with Gasteiger partial charge in [0, 0.05) is 17.6 Å². The van der Waals surface area contributed by atoms with E-state index < -0.39 is 15.9 Å². The van der Waals surface area contributed by atoms with Crippen molar-refractivity contribution in [2.45, 2.75) is 39.0 Å². The van der Waals surface area contributed by atoms with Crippen LogP contribution in [0.4, 0.5) is 0 Å². The number of hydrogen-bond acceptors (Lipinski definition) is 4. The number of ether oxygens (including phenoxy) is 1. The van der Waals surface area contributed by atoms with E-state index in [9.17, 15) is 13.2 Å². The van der Waals surface area contributed by atoms with Crippen LogP contribution < -0.4 is 4.74 Å². The number of nitrogens with zero attached hydrogens (tertiary/aromatic N) is 1. The molecule has 7 heteroatoms. The summed E-state index contributed by atoms with van der Waals surface area (Å²) < 4.78 is 29.8. The first-order valence-corrected chi connectivity index (χ1v) is 11.4. The van der Waals surface area contributed by atoms with Crippen molar-refractivity contribution in [1.29, 1.82) is 0 Å². The Hall–Kier alpha value is -2.05. The molecule has 1 aliphatic rings. The third kappa shape index (κ3) is 5.06. The second-order valence-corrected chi connectivity index (χ2v) is 9.82. The fourth-order valence-corrected chi connectivity index (χ4v) is 5.22. The average Bonchev–Trinajstić information content (AvgIpc) is 3.02. The molecule has 0 aromatic heterocycles. The van der Waals surface area contributed by atoms with Gasteiger partial charge in [-0.2, -0.15) is 0 Å². The largest absolute Gasteiger partial charge is 0.481 e. The lowest BCUT2D eigenvalue weighted by Gasteiger charge is -2.31. The normalized spacial score (nSPS) is 19.2. The molecule has 1 heterocycles. The molecule has 2 atom stereocenters. The van der Waals surface area contributed by atoms with Crippen molar-refractivity contribution >= 4 is 27.3 Å². The lowest BCUT2D eigenvalue weighted by Crippen LogP contribution is -2.46. The predicted molar refractivity (Wildman–Crippen MR) is 110 cm³/mol. The van der Waals surface area contributed by atoms with Gasteiger partial charge in [0.15, 0.2) is 15.9 Å². The van der Waals surface area contributed by atoms with E-state index in [-0.39, 0.29) is 23.5 Å². The molecule has 0 aliphatic carbocycles. The minimum atomic E-state index is -3.11. The Morgan fingerprint density at radius 3 is 2.57 bits per heavy atom. The highest BCUT2D eigenvalue weighted by molar-refractivity contribution is 7.91. The highest BCUT2D eigenvalue weighted by Crippen LogP contribution is 2.24. The Kier molecular flexibility index (Phi) is 6.30. The van der Waals surface area contributed by atoms with Gasteiger partial charge < -0.3 is 9.64 Å². The van der Waals surface area contributed by atoms with E-state index in [1.165, 1.54) is 0 Å². The smallest absolute Gasteiger partial charge is 0.263 e. The second kappa shape index (κ2) is 8.53. The van der Waals surface area contributed by atoms with Crippen molar-refractivity contribution in [2.24, 2.45) is 0 Å². The molecule has 150 valence electrons. The highest BCUT2D eigenvalue weighted by Gasteiger charge is 2.36. The van der Waals surface area contributed by atoms with Gasteiger partial charge in [-0.25, -0.2) is 8.42 Å². The second-order valence-electron chi connectivity index (χ2n) is 7.18. The van der Waals surface area contributed by atoms with Crippen molar-refractivity contribution in [3.8, 4) is 5.75 Å². The average molecular weight is 422 g/mol. The van der Waals surface area contributed by atoms with Crippen molar-refractivity contribution in [3.05, 3.63) is 64.7 Å². The number of hydrogen-bond donors (Lipinski definition) is 0. The molecule has 2 aromatic carbocycles. The molecule has 0 N–H and O–H groups in total. The van der Waals surface area contributed by atoms with E-state index in [0.29, 0.717) is 23.7 Å². The standard InChI is InChI=1S/C21H24ClNO4S/c1-15-12-19(8-9-20(15)22)27-16(2)21(24)23(13-17-6-4-3-5-7-17)18-10-11-28(25,26)14-18/h3-9,12,16,18H,10-11,13-14H2,1-2H3/t16-,18+/m0/s1. The Bertz CT molecular complexity index is 946. The Balaban J connectivity index is 1.79. The van der Waals surface area contributed by atoms with Gasteiger partial charge in [0.1, 0.15) is 5.75 Å². The summed E-state index contributed by atoms with van der Waals surface area (Å²) in [6.45, 7) is 3.91. The first kappa shape index (κ1) is 20.7. The third-order valence-corrected chi connectivity index (χ3v) is 7.09. The maximum atomic E-state index is 13.2. The SMILES string of the molecule is Cc1cc(O[C@@H](C)C(=O)N(Cc2ccccc2)[C@@H]2CCS(=O)(=O)C2)ccc1Cl. The molecular formula is C21H24ClNO4S. The van der Waals surface area contributed by atoms with E-state index in [0.717, 1.165) is 11.1 Å². The van der Waals surface area contributed by atoms with Gasteiger partial charge in [-0.15, -0.1) is 0 Å². The van der Waals surface area contributed by atoms with E-state index in [1.54, 1.807) is 30.0 Å². The van der Waals surface area contributed by atoms with Gasteiger partial charge in [0.05, 0.1) is 11.5 Å². The summed E-state index contributed by atoms with van der Waals surface area (Å²) in [6.07, 6.45) is -0.291. The zero-order valence-corrected chi connectivity index (χ0v) is 17.5. The van der Waals surface area contributed by atoms with Crippen LogP contribution >= 0.6 is 11.6 Å². The maximum absolute atomic E-state index is 13.2. The number of amides is 1. The fourth-order valence-electron chi connectivity index (χ4n) is 3.37. The molecule has 1 saturated heterocycles. The van der Waals surface area contributed by atoms with Crippen LogP contribution in [0.5, 0.6) is 5.75 Å². The van der Waals surface area contributed by atoms with Gasteiger partial charge in [0.25, 0.3) is 5.91 Å². The summed E-state index contributed by atoms with van der Waals surface area (Å²) in [5, 5.41) is 0.633. The Labute approximate surface area is 171 Å². The molecule has 28 heavy (non-hydrogen) atoms. The van der Waals surface area contributed by atoms with Crippen LogP contribution in [-0.2, 0) is 21.2 Å². The number of carbonyl (C=O) groups is 1. The summed E-state index contributed by atoms with van der Waals surface area (Å²) in [5.74, 6) is 0.445. The van der Waals surface area contributed by atoms with E-state index >= 15 is 0 Å². The summed E-state index contributed by atoms with van der Waals surface area (Å²) in [7, 11) is -3.11. The molecule has 0 saturated carbocycles. The molecule has 1 amide bonds. The van der Waals surface area contributed by atoms with Crippen molar-refractivity contribution in [1.82, 2.24) is 4.90 Å². The third-order valence-electron chi connectivity index (χ3n) is 4.92. The first-order valence-electron chi connectivity index (χ1n) is 9.23.